The Bertz CT molecular complexity index is 617. The Hall–Kier alpha value is -1.90. The monoisotopic (exact) mass is 320 g/mol. The van der Waals surface area contributed by atoms with Crippen molar-refractivity contribution in [2.45, 2.75) is 0 Å². The number of nitrogens with zero attached hydrogens (tertiary/aromatic N) is 2. The normalized spacial score (nSPS) is 10.7. The molecule has 0 aliphatic carbocycles. The van der Waals surface area contributed by atoms with Gasteiger partial charge in [0.1, 0.15) is 11.5 Å². The fourth-order valence-corrected chi connectivity index (χ4v) is 1.76. The summed E-state index contributed by atoms with van der Waals surface area (Å²) in [5.74, 6) is -4.92. The van der Waals surface area contributed by atoms with Crippen molar-refractivity contribution in [3.8, 4) is 11.3 Å². The van der Waals surface area contributed by atoms with Crippen molar-refractivity contribution in [1.82, 2.24) is 15.4 Å². The van der Waals surface area contributed by atoms with Crippen molar-refractivity contribution in [3.63, 3.8) is 0 Å². The van der Waals surface area contributed by atoms with Crippen LogP contribution in [0.2, 0.25) is 0 Å². The van der Waals surface area contributed by atoms with Crippen LogP contribution in [0.3, 0.4) is 0 Å². The van der Waals surface area contributed by atoms with Gasteiger partial charge in [0, 0.05) is 0 Å². The Balaban J connectivity index is 2.79. The maximum atomic E-state index is 13.8. The van der Waals surface area contributed by atoms with E-state index in [0.717, 1.165) is 0 Å². The number of halogens is 4. The highest BCUT2D eigenvalue weighted by Gasteiger charge is 2.25. The lowest BCUT2D eigenvalue weighted by atomic mass is 10.1. The number of aromatic nitrogens is 3. The van der Waals surface area contributed by atoms with Crippen molar-refractivity contribution in [3.05, 3.63) is 33.7 Å². The van der Waals surface area contributed by atoms with Gasteiger partial charge in [0.25, 0.3) is 5.91 Å². The fraction of sp³-hybridized carbons (Fsp3) is 0. The molecule has 3 N–H and O–H groups in total. The fourth-order valence-electron chi connectivity index (χ4n) is 1.36. The molecule has 0 saturated carbocycles. The number of hydrogen-bond donors (Lipinski definition) is 2. The van der Waals surface area contributed by atoms with E-state index in [-0.39, 0.29) is 4.47 Å². The van der Waals surface area contributed by atoms with Crippen molar-refractivity contribution in [2.75, 3.05) is 0 Å². The summed E-state index contributed by atoms with van der Waals surface area (Å²) in [4.78, 5) is 11.0. The van der Waals surface area contributed by atoms with E-state index in [0.29, 0.717) is 6.07 Å². The largest absolute Gasteiger partial charge is 0.364 e. The van der Waals surface area contributed by atoms with Crippen LogP contribution in [0.4, 0.5) is 13.2 Å². The third-order valence-corrected chi connectivity index (χ3v) is 2.71. The van der Waals surface area contributed by atoms with E-state index in [4.69, 9.17) is 5.73 Å². The molecule has 0 atom stereocenters. The summed E-state index contributed by atoms with van der Waals surface area (Å²) in [5, 5.41) is 8.76. The van der Waals surface area contributed by atoms with E-state index < -0.39 is 40.3 Å². The van der Waals surface area contributed by atoms with E-state index in [1.54, 1.807) is 0 Å². The molecule has 1 heterocycles. The highest BCUT2D eigenvalue weighted by Crippen LogP contribution is 2.32. The molecule has 0 aliphatic rings. The zero-order valence-corrected chi connectivity index (χ0v) is 10.1. The van der Waals surface area contributed by atoms with E-state index in [9.17, 15) is 18.0 Å². The molecule has 0 bridgehead atoms. The van der Waals surface area contributed by atoms with Crippen molar-refractivity contribution < 1.29 is 18.0 Å². The SMILES string of the molecule is NC(=O)c1n[nH]nc1-c1c(F)c(F)cc(Br)c1F. The molecule has 0 aliphatic heterocycles. The van der Waals surface area contributed by atoms with Gasteiger partial charge in [-0.25, -0.2) is 13.2 Å². The Morgan fingerprint density at radius 2 is 1.94 bits per heavy atom. The van der Waals surface area contributed by atoms with Gasteiger partial charge in [0.2, 0.25) is 0 Å². The van der Waals surface area contributed by atoms with E-state index in [2.05, 4.69) is 26.1 Å². The van der Waals surface area contributed by atoms with Gasteiger partial charge >= 0.3 is 0 Å². The highest BCUT2D eigenvalue weighted by atomic mass is 79.9. The second-order valence-corrected chi connectivity index (χ2v) is 4.08. The first kappa shape index (κ1) is 12.6. The molecule has 94 valence electrons. The third-order valence-electron chi connectivity index (χ3n) is 2.13. The quantitative estimate of drug-likeness (QED) is 0.827. The number of carbonyl (C=O) groups excluding carboxylic acids is 1. The molecule has 2 rings (SSSR count). The minimum Gasteiger partial charge on any atom is -0.364 e. The average molecular weight is 321 g/mol. The Morgan fingerprint density at radius 1 is 1.28 bits per heavy atom. The smallest absolute Gasteiger partial charge is 0.271 e. The predicted molar refractivity (Wildman–Crippen MR) is 57.9 cm³/mol. The van der Waals surface area contributed by atoms with Gasteiger partial charge in [-0.3, -0.25) is 4.79 Å². The molecule has 5 nitrogen and oxygen atoms in total. The first-order valence-corrected chi connectivity index (χ1v) is 5.26. The summed E-state index contributed by atoms with van der Waals surface area (Å²) in [6, 6.07) is 0.623. The van der Waals surface area contributed by atoms with Gasteiger partial charge < -0.3 is 5.73 Å². The molecule has 0 spiro atoms. The van der Waals surface area contributed by atoms with Crippen LogP contribution in [0, 0.1) is 17.5 Å². The van der Waals surface area contributed by atoms with Crippen LogP contribution < -0.4 is 5.73 Å². The number of benzene rings is 1. The Morgan fingerprint density at radius 3 is 2.56 bits per heavy atom. The van der Waals surface area contributed by atoms with E-state index in [1.165, 1.54) is 0 Å². The standard InChI is InChI=1S/C9H4BrF3N4O/c10-2-1-3(11)6(13)4(5(2)12)7-8(9(14)18)16-17-15-7/h1H,(H2,14,18)(H,15,16,17). The van der Waals surface area contributed by atoms with Gasteiger partial charge in [-0.05, 0) is 22.0 Å². The van der Waals surface area contributed by atoms with Crippen LogP contribution in [0.25, 0.3) is 11.3 Å². The lowest BCUT2D eigenvalue weighted by Crippen LogP contribution is -2.13. The second kappa shape index (κ2) is 4.41. The molecule has 0 fully saturated rings. The molecule has 1 amide bonds. The van der Waals surface area contributed by atoms with Crippen molar-refractivity contribution in [2.24, 2.45) is 5.73 Å². The summed E-state index contributed by atoms with van der Waals surface area (Å²) < 4.78 is 40.2. The lowest BCUT2D eigenvalue weighted by Gasteiger charge is -2.05. The Labute approximate surface area is 106 Å². The molecule has 0 saturated heterocycles. The van der Waals surface area contributed by atoms with E-state index >= 15 is 0 Å². The highest BCUT2D eigenvalue weighted by molar-refractivity contribution is 9.10. The van der Waals surface area contributed by atoms with Gasteiger partial charge in [-0.15, -0.1) is 0 Å². The summed E-state index contributed by atoms with van der Waals surface area (Å²) in [5.41, 5.74) is 3.18. The van der Waals surface area contributed by atoms with Crippen LogP contribution in [0.15, 0.2) is 10.5 Å². The van der Waals surface area contributed by atoms with Gasteiger partial charge in [0.05, 0.1) is 10.0 Å². The molecule has 2 aromatic rings. The van der Waals surface area contributed by atoms with E-state index in [1.807, 2.05) is 5.21 Å². The van der Waals surface area contributed by atoms with Crippen LogP contribution in [-0.4, -0.2) is 21.3 Å². The summed E-state index contributed by atoms with van der Waals surface area (Å²) in [6.07, 6.45) is 0. The van der Waals surface area contributed by atoms with Crippen LogP contribution in [0.1, 0.15) is 10.5 Å². The zero-order valence-electron chi connectivity index (χ0n) is 8.47. The number of aromatic amines is 1. The van der Waals surface area contributed by atoms with Gasteiger partial charge in [-0.1, -0.05) is 0 Å². The number of rotatable bonds is 2. The van der Waals surface area contributed by atoms with Gasteiger partial charge in [-0.2, -0.15) is 15.4 Å². The second-order valence-electron chi connectivity index (χ2n) is 3.23. The first-order valence-electron chi connectivity index (χ1n) is 4.47. The zero-order chi connectivity index (χ0) is 13.4. The molecule has 18 heavy (non-hydrogen) atoms. The summed E-state index contributed by atoms with van der Waals surface area (Å²) in [7, 11) is 0. The van der Waals surface area contributed by atoms with Crippen molar-refractivity contribution >= 4 is 21.8 Å². The minimum absolute atomic E-state index is 0.310. The summed E-state index contributed by atoms with van der Waals surface area (Å²) >= 11 is 2.72. The number of H-pyrrole nitrogens is 1. The maximum Gasteiger partial charge on any atom is 0.271 e. The first-order chi connectivity index (χ1) is 8.43. The number of nitrogens with one attached hydrogen (secondary N) is 1. The molecule has 0 unspecified atom stereocenters. The Kier molecular flexibility index (Phi) is 3.07. The summed E-state index contributed by atoms with van der Waals surface area (Å²) in [6.45, 7) is 0. The van der Waals surface area contributed by atoms with Crippen molar-refractivity contribution in [1.29, 1.82) is 0 Å². The molecule has 1 aromatic heterocycles. The lowest BCUT2D eigenvalue weighted by molar-refractivity contribution is 0.0996. The molecule has 0 radical (unpaired) electrons. The number of primary amides is 1. The molecular weight excluding hydrogens is 317 g/mol. The van der Waals surface area contributed by atoms with Crippen LogP contribution in [-0.2, 0) is 0 Å². The van der Waals surface area contributed by atoms with Gasteiger partial charge in [0.15, 0.2) is 17.3 Å². The minimum atomic E-state index is -1.48. The topological polar surface area (TPSA) is 84.7 Å². The maximum absolute atomic E-state index is 13.8. The predicted octanol–water partition coefficient (Wildman–Crippen LogP) is 1.75. The number of hydrogen-bond acceptors (Lipinski definition) is 3. The number of amides is 1. The van der Waals surface area contributed by atoms with Crippen LogP contribution >= 0.6 is 15.9 Å². The third kappa shape index (κ3) is 1.86. The average Bonchev–Trinajstić information content (AvgIpc) is 2.76. The molecule has 1 aromatic carbocycles. The number of carbonyl (C=O) groups is 1. The van der Waals surface area contributed by atoms with Crippen LogP contribution in [0.5, 0.6) is 0 Å². The molecule has 9 heteroatoms. The number of nitrogens with two attached hydrogens (primary N) is 1. The molecular formula is C9H4BrF3N4O.